The Morgan fingerprint density at radius 2 is 0.538 bits per heavy atom. The molecule has 0 aromatic heterocycles. The molecule has 2 N–H and O–H groups in total. The lowest BCUT2D eigenvalue weighted by molar-refractivity contribution is -0.151. The van der Waals surface area contributed by atoms with Crippen molar-refractivity contribution in [3.05, 3.63) is 0 Å². The van der Waals surface area contributed by atoms with Crippen molar-refractivity contribution in [1.29, 1.82) is 0 Å². The molecule has 1 fully saturated rings. The molecule has 0 spiro atoms. The first-order valence-corrected chi connectivity index (χ1v) is 47.5. The van der Waals surface area contributed by atoms with Gasteiger partial charge in [0, 0.05) is 38.3 Å². The second kappa shape index (κ2) is 85.2. The number of carbonyl (C=O) groups excluding carboxylic acids is 4. The van der Waals surface area contributed by atoms with Gasteiger partial charge in [-0.05, 0) is 155 Å². The van der Waals surface area contributed by atoms with E-state index >= 15 is 0 Å². The monoisotopic (exact) mass is 1500 g/mol. The van der Waals surface area contributed by atoms with Gasteiger partial charge in [0.15, 0.2) is 0 Å². The summed E-state index contributed by atoms with van der Waals surface area (Å²) in [6, 6.07) is 0.306. The second-order valence-electron chi connectivity index (χ2n) is 32.9. The summed E-state index contributed by atoms with van der Waals surface area (Å²) in [4.78, 5) is 54.6. The number of hydrogen-bond acceptors (Lipinski definition) is 12. The van der Waals surface area contributed by atoms with Crippen LogP contribution in [0.3, 0.4) is 0 Å². The average Bonchev–Trinajstić information content (AvgIpc) is 0.868. The van der Waals surface area contributed by atoms with Crippen LogP contribution < -0.4 is 0 Å². The smallest absolute Gasteiger partial charge is 0.306 e. The molecule has 1 aliphatic rings. The van der Waals surface area contributed by atoms with Crippen molar-refractivity contribution in [3.63, 3.8) is 0 Å². The molecule has 0 aromatic rings. The summed E-state index contributed by atoms with van der Waals surface area (Å²) in [5.41, 5.74) is 0. The van der Waals surface area contributed by atoms with Crippen LogP contribution in [0.5, 0.6) is 0 Å². The lowest BCUT2D eigenvalue weighted by atomic mass is 9.91. The maximum Gasteiger partial charge on any atom is 0.306 e. The number of nitrogens with zero attached hydrogens (tertiary/aromatic N) is 2. The topological polar surface area (TPSA) is 152 Å². The van der Waals surface area contributed by atoms with Crippen LogP contribution in [0.2, 0.25) is 0 Å². The predicted molar refractivity (Wildman–Crippen MR) is 453 cm³/mol. The fraction of sp³-hybridized carbons (Fsp3) is 0.957. The summed E-state index contributed by atoms with van der Waals surface area (Å²) in [6.45, 7) is 19.9. The fourth-order valence-electron chi connectivity index (χ4n) is 15.5. The maximum atomic E-state index is 12.8. The second-order valence-corrected chi connectivity index (χ2v) is 32.9. The van der Waals surface area contributed by atoms with Crippen molar-refractivity contribution in [2.75, 3.05) is 52.5 Å². The SMILES string of the molecule is CCCCCCCCCOC(=O)CCCCCCCN(CCCCCCCC(=O)OC(CCCCCCCC)CCCCCCCC)C1CCCCC1O.CCCCCCCCCOC(=O)CCCCCCCN(CCO)CCCCCCCCCC(=O)OC(CCCCCCCC)CCCCCCCC. The molecular formula is C94H184N2O10. The molecule has 630 valence electrons. The van der Waals surface area contributed by atoms with Crippen LogP contribution >= 0.6 is 0 Å². The molecule has 12 nitrogen and oxygen atoms in total. The van der Waals surface area contributed by atoms with E-state index in [1.54, 1.807) is 0 Å². The Morgan fingerprint density at radius 3 is 0.830 bits per heavy atom. The molecular weight excluding hydrogens is 1320 g/mol. The highest BCUT2D eigenvalue weighted by atomic mass is 16.6. The molecule has 12 heteroatoms. The minimum Gasteiger partial charge on any atom is -0.466 e. The number of aliphatic hydroxyl groups excluding tert-OH is 2. The van der Waals surface area contributed by atoms with Crippen LogP contribution in [-0.2, 0) is 38.1 Å². The van der Waals surface area contributed by atoms with Gasteiger partial charge in [0.2, 0.25) is 0 Å². The highest BCUT2D eigenvalue weighted by Crippen LogP contribution is 2.26. The first-order chi connectivity index (χ1) is 52.1. The number of rotatable bonds is 83. The third-order valence-corrected chi connectivity index (χ3v) is 22.6. The van der Waals surface area contributed by atoms with Gasteiger partial charge in [-0.15, -0.1) is 0 Å². The zero-order valence-corrected chi connectivity index (χ0v) is 71.9. The summed E-state index contributed by atoms with van der Waals surface area (Å²) in [6.07, 6.45) is 83.8. The Bertz CT molecular complexity index is 1770. The number of esters is 4. The molecule has 0 aliphatic heterocycles. The predicted octanol–water partition coefficient (Wildman–Crippen LogP) is 27.4. The van der Waals surface area contributed by atoms with Crippen molar-refractivity contribution >= 4 is 23.9 Å². The van der Waals surface area contributed by atoms with Crippen LogP contribution in [0.1, 0.15) is 504 Å². The lowest BCUT2D eigenvalue weighted by Crippen LogP contribution is -2.46. The van der Waals surface area contributed by atoms with E-state index in [1.807, 2.05) is 0 Å². The third-order valence-electron chi connectivity index (χ3n) is 22.6. The highest BCUT2D eigenvalue weighted by Gasteiger charge is 2.28. The quantitative estimate of drug-likeness (QED) is 0.0339. The first-order valence-electron chi connectivity index (χ1n) is 47.5. The molecule has 1 rings (SSSR count). The number of unbranched alkanes of at least 4 members (excludes halogenated alkanes) is 50. The van der Waals surface area contributed by atoms with E-state index in [-0.39, 0.29) is 48.8 Å². The summed E-state index contributed by atoms with van der Waals surface area (Å²) in [5, 5.41) is 20.4. The van der Waals surface area contributed by atoms with E-state index in [4.69, 9.17) is 18.9 Å². The fourth-order valence-corrected chi connectivity index (χ4v) is 15.5. The molecule has 0 radical (unpaired) electrons. The van der Waals surface area contributed by atoms with E-state index in [0.29, 0.717) is 44.9 Å². The summed E-state index contributed by atoms with van der Waals surface area (Å²) < 4.78 is 22.9. The highest BCUT2D eigenvalue weighted by molar-refractivity contribution is 5.70. The van der Waals surface area contributed by atoms with Crippen molar-refractivity contribution in [1.82, 2.24) is 9.80 Å². The molecule has 2 unspecified atom stereocenters. The molecule has 0 amide bonds. The van der Waals surface area contributed by atoms with Crippen LogP contribution in [0.4, 0.5) is 0 Å². The van der Waals surface area contributed by atoms with Gasteiger partial charge in [-0.1, -0.05) is 350 Å². The van der Waals surface area contributed by atoms with Crippen LogP contribution in [0.25, 0.3) is 0 Å². The van der Waals surface area contributed by atoms with Gasteiger partial charge < -0.3 is 34.1 Å². The van der Waals surface area contributed by atoms with E-state index < -0.39 is 0 Å². The Balaban J connectivity index is 0.00000208. The maximum absolute atomic E-state index is 12.8. The largest absolute Gasteiger partial charge is 0.466 e. The third kappa shape index (κ3) is 74.5. The van der Waals surface area contributed by atoms with Crippen LogP contribution in [0.15, 0.2) is 0 Å². The molecule has 0 aromatic carbocycles. The Kier molecular flexibility index (Phi) is 83.3. The van der Waals surface area contributed by atoms with Gasteiger partial charge in [0.25, 0.3) is 0 Å². The van der Waals surface area contributed by atoms with Gasteiger partial charge in [-0.3, -0.25) is 24.1 Å². The van der Waals surface area contributed by atoms with Crippen LogP contribution in [0, 0.1) is 0 Å². The van der Waals surface area contributed by atoms with E-state index in [2.05, 4.69) is 51.3 Å². The van der Waals surface area contributed by atoms with Gasteiger partial charge in [0.1, 0.15) is 12.2 Å². The Morgan fingerprint density at radius 1 is 0.292 bits per heavy atom. The molecule has 0 heterocycles. The van der Waals surface area contributed by atoms with Crippen molar-refractivity contribution in [3.8, 4) is 0 Å². The molecule has 1 aliphatic carbocycles. The molecule has 0 saturated heterocycles. The zero-order valence-electron chi connectivity index (χ0n) is 71.9. The minimum atomic E-state index is -0.192. The summed E-state index contributed by atoms with van der Waals surface area (Å²) >= 11 is 0. The van der Waals surface area contributed by atoms with E-state index in [1.165, 1.54) is 289 Å². The van der Waals surface area contributed by atoms with Crippen LogP contribution in [-0.4, -0.2) is 121 Å². The molecule has 0 bridgehead atoms. The Labute approximate surface area is 659 Å². The number of carbonyl (C=O) groups is 4. The number of ether oxygens (including phenoxy) is 4. The van der Waals surface area contributed by atoms with Gasteiger partial charge in [0.05, 0.1) is 25.9 Å². The van der Waals surface area contributed by atoms with E-state index in [9.17, 15) is 29.4 Å². The van der Waals surface area contributed by atoms with Gasteiger partial charge in [-0.2, -0.15) is 0 Å². The zero-order chi connectivity index (χ0) is 77.2. The molecule has 2 atom stereocenters. The summed E-state index contributed by atoms with van der Waals surface area (Å²) in [7, 11) is 0. The van der Waals surface area contributed by atoms with Gasteiger partial charge in [-0.25, -0.2) is 0 Å². The number of aliphatic hydroxyl groups is 2. The van der Waals surface area contributed by atoms with Crippen molar-refractivity contribution in [2.24, 2.45) is 0 Å². The lowest BCUT2D eigenvalue weighted by Gasteiger charge is -2.38. The number of hydrogen-bond donors (Lipinski definition) is 2. The average molecular weight is 1500 g/mol. The van der Waals surface area contributed by atoms with Gasteiger partial charge >= 0.3 is 23.9 Å². The minimum absolute atomic E-state index is 0.0214. The Hall–Kier alpha value is -2.28. The van der Waals surface area contributed by atoms with Crippen molar-refractivity contribution in [2.45, 2.75) is 528 Å². The van der Waals surface area contributed by atoms with E-state index in [0.717, 1.165) is 180 Å². The van der Waals surface area contributed by atoms with Crippen molar-refractivity contribution < 1.29 is 48.3 Å². The molecule has 1 saturated carbocycles. The standard InChI is InChI=1S/C48H93NO5.C46H91NO5/c1-4-7-10-13-16-25-34-43-53-47(51)39-28-21-17-23-32-41-49(45-37-30-31-38-46(45)50)42-33-24-18-22-29-40-48(52)54-44(35-26-19-14-11-8-5-2)36-27-20-15-12-9-6-3;1-4-7-10-13-19-27-34-43-51-45(49)37-30-24-20-26-33-40-47(41-42-48)39-32-25-18-16-17-23-31-38-46(50)52-44(35-28-21-14-11-8-5-2)36-29-22-15-12-9-6-3/h44-46,50H,4-43H2,1-3H3;44,48H,4-43H2,1-3H3. The normalized spacial score (nSPS) is 13.8. The summed E-state index contributed by atoms with van der Waals surface area (Å²) in [5.74, 6) is -0.000966. The first kappa shape index (κ1) is 104. The molecule has 106 heavy (non-hydrogen) atoms.